The predicted octanol–water partition coefficient (Wildman–Crippen LogP) is 2.44. The van der Waals surface area contributed by atoms with E-state index in [2.05, 4.69) is 4.98 Å². The first-order chi connectivity index (χ1) is 12.5. The lowest BCUT2D eigenvalue weighted by Gasteiger charge is -2.39. The number of carbonyl (C=O) groups is 2. The second-order valence-electron chi connectivity index (χ2n) is 6.98. The van der Waals surface area contributed by atoms with E-state index in [1.54, 1.807) is 4.90 Å². The Labute approximate surface area is 156 Å². The summed E-state index contributed by atoms with van der Waals surface area (Å²) >= 11 is 1.24. The number of aromatic nitrogens is 1. The maximum Gasteiger partial charge on any atom is 0.265 e. The molecule has 26 heavy (non-hydrogen) atoms. The summed E-state index contributed by atoms with van der Waals surface area (Å²) in [6.07, 6.45) is 2.23. The van der Waals surface area contributed by atoms with E-state index in [0.29, 0.717) is 29.5 Å². The minimum atomic E-state index is -0.637. The molecular formula is C19H22N4O2S. The van der Waals surface area contributed by atoms with Crippen LogP contribution < -0.4 is 10.6 Å². The first-order valence-electron chi connectivity index (χ1n) is 8.90. The molecule has 136 valence electrons. The van der Waals surface area contributed by atoms with E-state index in [4.69, 9.17) is 5.73 Å². The number of rotatable bonds is 2. The van der Waals surface area contributed by atoms with Gasteiger partial charge in [0.15, 0.2) is 5.13 Å². The highest BCUT2D eigenvalue weighted by Gasteiger charge is 2.52. The van der Waals surface area contributed by atoms with E-state index < -0.39 is 5.41 Å². The summed E-state index contributed by atoms with van der Waals surface area (Å²) in [6, 6.07) is 7.91. The Kier molecular flexibility index (Phi) is 3.99. The molecule has 0 unspecified atom stereocenters. The fraction of sp³-hybridized carbons (Fsp3) is 0.421. The molecule has 2 aromatic rings. The van der Waals surface area contributed by atoms with Crippen molar-refractivity contribution >= 4 is 34.0 Å². The Bertz CT molecular complexity index is 893. The van der Waals surface area contributed by atoms with Gasteiger partial charge in [0, 0.05) is 25.8 Å². The van der Waals surface area contributed by atoms with Crippen LogP contribution >= 0.6 is 11.3 Å². The molecule has 4 rings (SSSR count). The number of carbonyl (C=O) groups excluding carboxylic acids is 2. The van der Waals surface area contributed by atoms with Gasteiger partial charge in [0.1, 0.15) is 4.88 Å². The number of nitrogens with zero attached hydrogens (tertiary/aromatic N) is 3. The molecular weight excluding hydrogens is 348 g/mol. The molecule has 2 N–H and O–H groups in total. The maximum absolute atomic E-state index is 13.1. The van der Waals surface area contributed by atoms with Gasteiger partial charge in [0.2, 0.25) is 5.91 Å². The lowest BCUT2D eigenvalue weighted by Crippen LogP contribution is -2.53. The van der Waals surface area contributed by atoms with Crippen molar-refractivity contribution in [2.75, 3.05) is 30.8 Å². The molecule has 2 aliphatic rings. The van der Waals surface area contributed by atoms with Crippen molar-refractivity contribution < 1.29 is 9.59 Å². The summed E-state index contributed by atoms with van der Waals surface area (Å²) < 4.78 is 0. The Morgan fingerprint density at radius 2 is 2.15 bits per heavy atom. The van der Waals surface area contributed by atoms with Gasteiger partial charge >= 0.3 is 0 Å². The summed E-state index contributed by atoms with van der Waals surface area (Å²) in [5.74, 6) is 0.0192. The van der Waals surface area contributed by atoms with Gasteiger partial charge in [-0.15, -0.1) is 0 Å². The van der Waals surface area contributed by atoms with Crippen LogP contribution in [0.25, 0.3) is 0 Å². The van der Waals surface area contributed by atoms with Crippen molar-refractivity contribution in [2.45, 2.75) is 31.6 Å². The number of benzene rings is 1. The Morgan fingerprint density at radius 3 is 2.92 bits per heavy atom. The van der Waals surface area contributed by atoms with Crippen molar-refractivity contribution in [3.63, 3.8) is 0 Å². The predicted molar refractivity (Wildman–Crippen MR) is 103 cm³/mol. The number of hydrogen-bond acceptors (Lipinski definition) is 5. The van der Waals surface area contributed by atoms with Gasteiger partial charge in [0.25, 0.3) is 5.91 Å². The van der Waals surface area contributed by atoms with Gasteiger partial charge in [-0.25, -0.2) is 4.98 Å². The average Bonchev–Trinajstić information content (AvgIpc) is 3.14. The number of para-hydroxylation sites is 1. The quantitative estimate of drug-likeness (QED) is 0.881. The van der Waals surface area contributed by atoms with Gasteiger partial charge < -0.3 is 15.5 Å². The number of thiazole rings is 1. The highest BCUT2D eigenvalue weighted by molar-refractivity contribution is 7.17. The number of nitrogens with two attached hydrogens (primary N) is 1. The zero-order chi connectivity index (χ0) is 18.5. The van der Waals surface area contributed by atoms with Crippen molar-refractivity contribution in [1.29, 1.82) is 0 Å². The van der Waals surface area contributed by atoms with Crippen LogP contribution in [0, 0.1) is 0 Å². The number of nitrogen functional groups attached to an aromatic ring is 1. The van der Waals surface area contributed by atoms with E-state index >= 15 is 0 Å². The average molecular weight is 370 g/mol. The molecule has 0 radical (unpaired) electrons. The molecule has 1 aromatic carbocycles. The normalized spacial score (nSPS) is 22.2. The number of anilines is 2. The summed E-state index contributed by atoms with van der Waals surface area (Å²) in [4.78, 5) is 34.7. The van der Waals surface area contributed by atoms with E-state index in [1.807, 2.05) is 43.1 Å². The van der Waals surface area contributed by atoms with Crippen LogP contribution in [0.2, 0.25) is 0 Å². The minimum absolute atomic E-state index is 0.0602. The van der Waals surface area contributed by atoms with E-state index in [-0.39, 0.29) is 11.8 Å². The van der Waals surface area contributed by atoms with Crippen LogP contribution in [0.4, 0.5) is 10.8 Å². The third-order valence-corrected chi connectivity index (χ3v) is 6.43. The van der Waals surface area contributed by atoms with Crippen LogP contribution in [0.5, 0.6) is 0 Å². The molecule has 1 fully saturated rings. The summed E-state index contributed by atoms with van der Waals surface area (Å²) in [7, 11) is 1.82. The fourth-order valence-corrected chi connectivity index (χ4v) is 5.15. The third kappa shape index (κ3) is 2.34. The zero-order valence-electron chi connectivity index (χ0n) is 15.0. The Hall–Kier alpha value is -2.41. The second-order valence-corrected chi connectivity index (χ2v) is 8.01. The standard InChI is InChI=1S/C19H22N4O2S/c1-3-13-15(26-18(20)21-13)16(24)23-10-6-9-19(11-23)12-7-4-5-8-14(12)22(2)17(19)25/h4-5,7-8H,3,6,9-11H2,1-2H3,(H2,20,21)/t19-/m0/s1. The second kappa shape index (κ2) is 6.09. The molecule has 1 spiro atoms. The van der Waals surface area contributed by atoms with Gasteiger partial charge in [0.05, 0.1) is 11.1 Å². The number of likely N-dealkylation sites (N-methyl/N-ethyl adjacent to an activating group) is 1. The third-order valence-electron chi connectivity index (χ3n) is 5.52. The number of likely N-dealkylation sites (tertiary alicyclic amines) is 1. The molecule has 6 nitrogen and oxygen atoms in total. The molecule has 2 amide bonds. The number of piperidine rings is 1. The van der Waals surface area contributed by atoms with Crippen LogP contribution in [0.15, 0.2) is 24.3 Å². The minimum Gasteiger partial charge on any atom is -0.375 e. The van der Waals surface area contributed by atoms with Crippen molar-refractivity contribution in [3.05, 3.63) is 40.4 Å². The van der Waals surface area contributed by atoms with Gasteiger partial charge in [-0.1, -0.05) is 36.5 Å². The summed E-state index contributed by atoms with van der Waals surface area (Å²) in [6.45, 7) is 3.03. The number of fused-ring (bicyclic) bond motifs is 2. The van der Waals surface area contributed by atoms with Crippen molar-refractivity contribution in [1.82, 2.24) is 9.88 Å². The van der Waals surface area contributed by atoms with Gasteiger partial charge in [-0.2, -0.15) is 0 Å². The van der Waals surface area contributed by atoms with E-state index in [9.17, 15) is 9.59 Å². The Morgan fingerprint density at radius 1 is 1.38 bits per heavy atom. The smallest absolute Gasteiger partial charge is 0.265 e. The molecule has 3 heterocycles. The maximum atomic E-state index is 13.1. The first kappa shape index (κ1) is 17.0. The lowest BCUT2D eigenvalue weighted by molar-refractivity contribution is -0.124. The highest BCUT2D eigenvalue weighted by atomic mass is 32.1. The molecule has 0 bridgehead atoms. The molecule has 1 saturated heterocycles. The molecule has 2 aliphatic heterocycles. The summed E-state index contributed by atoms with van der Waals surface area (Å²) in [5.41, 5.74) is 7.90. The zero-order valence-corrected chi connectivity index (χ0v) is 15.8. The highest BCUT2D eigenvalue weighted by Crippen LogP contribution is 2.46. The number of hydrogen-bond donors (Lipinski definition) is 1. The van der Waals surface area contributed by atoms with Crippen LogP contribution in [-0.2, 0) is 16.6 Å². The monoisotopic (exact) mass is 370 g/mol. The van der Waals surface area contributed by atoms with Crippen LogP contribution in [0.1, 0.15) is 40.7 Å². The molecule has 1 atom stereocenters. The van der Waals surface area contributed by atoms with Gasteiger partial charge in [-0.3, -0.25) is 9.59 Å². The van der Waals surface area contributed by atoms with E-state index in [0.717, 1.165) is 29.8 Å². The first-order valence-corrected chi connectivity index (χ1v) is 9.71. The largest absolute Gasteiger partial charge is 0.375 e. The van der Waals surface area contributed by atoms with Crippen LogP contribution in [0.3, 0.4) is 0 Å². The molecule has 0 saturated carbocycles. The topological polar surface area (TPSA) is 79.5 Å². The van der Waals surface area contributed by atoms with E-state index in [1.165, 1.54) is 11.3 Å². The molecule has 0 aliphatic carbocycles. The van der Waals surface area contributed by atoms with Crippen molar-refractivity contribution in [2.24, 2.45) is 0 Å². The number of aryl methyl sites for hydroxylation is 1. The van der Waals surface area contributed by atoms with Crippen LogP contribution in [-0.4, -0.2) is 41.8 Å². The molecule has 7 heteroatoms. The number of amides is 2. The molecule has 1 aromatic heterocycles. The Balaban J connectivity index is 1.70. The lowest BCUT2D eigenvalue weighted by atomic mass is 9.75. The SMILES string of the molecule is CCc1nc(N)sc1C(=O)N1CCC[C@@]2(C1)C(=O)N(C)c1ccccc12. The fourth-order valence-electron chi connectivity index (χ4n) is 4.26. The van der Waals surface area contributed by atoms with Crippen molar-refractivity contribution in [3.8, 4) is 0 Å². The summed E-state index contributed by atoms with van der Waals surface area (Å²) in [5, 5.41) is 0.416. The van der Waals surface area contributed by atoms with Gasteiger partial charge in [-0.05, 0) is 30.9 Å².